The van der Waals surface area contributed by atoms with Crippen LogP contribution in [-0.4, -0.2) is 21.3 Å². The second-order valence-electron chi connectivity index (χ2n) is 6.64. The lowest BCUT2D eigenvalue weighted by molar-refractivity contribution is 0.0154. The molecule has 0 saturated carbocycles. The van der Waals surface area contributed by atoms with Crippen molar-refractivity contribution in [2.24, 2.45) is 0 Å². The summed E-state index contributed by atoms with van der Waals surface area (Å²) in [5.74, 6) is 1.73. The lowest BCUT2D eigenvalue weighted by Crippen LogP contribution is -2.25. The maximum atomic E-state index is 6.53. The van der Waals surface area contributed by atoms with E-state index in [0.717, 1.165) is 26.9 Å². The third kappa shape index (κ3) is 3.78. The molecule has 1 N–H and O–H groups in total. The highest BCUT2D eigenvalue weighted by molar-refractivity contribution is 9.10. The van der Waals surface area contributed by atoms with Gasteiger partial charge in [-0.3, -0.25) is 0 Å². The minimum Gasteiger partial charge on any atom is -0.493 e. The molecule has 0 fully saturated rings. The van der Waals surface area contributed by atoms with Crippen molar-refractivity contribution >= 4 is 21.6 Å². The molecule has 0 spiro atoms. The molecule has 0 aliphatic carbocycles. The highest BCUT2D eigenvalue weighted by Gasteiger charge is 2.30. The molecule has 1 aliphatic rings. The normalized spacial score (nSPS) is 17.8. The van der Waals surface area contributed by atoms with E-state index < -0.39 is 0 Å². The van der Waals surface area contributed by atoms with Crippen molar-refractivity contribution in [2.75, 3.05) is 26.6 Å². The lowest BCUT2D eigenvalue weighted by atomic mass is 9.97. The van der Waals surface area contributed by atoms with Gasteiger partial charge in [-0.2, -0.15) is 0 Å². The van der Waals surface area contributed by atoms with Crippen molar-refractivity contribution in [3.63, 3.8) is 0 Å². The molecule has 3 aromatic rings. The number of halogens is 1. The summed E-state index contributed by atoms with van der Waals surface area (Å²) in [5.41, 5.74) is 4.07. The van der Waals surface area contributed by atoms with Crippen LogP contribution in [0.3, 0.4) is 0 Å². The number of nitrogens with one attached hydrogen (secondary N) is 1. The van der Waals surface area contributed by atoms with Crippen molar-refractivity contribution in [3.8, 4) is 17.2 Å². The second-order valence-corrected chi connectivity index (χ2v) is 7.56. The fraction of sp³-hybridized carbons (Fsp3) is 0.217. The van der Waals surface area contributed by atoms with Gasteiger partial charge >= 0.3 is 0 Å². The Balaban J connectivity index is 1.79. The molecule has 1 aliphatic heterocycles. The molecule has 0 radical (unpaired) electrons. The molecule has 5 nitrogen and oxygen atoms in total. The van der Waals surface area contributed by atoms with Crippen molar-refractivity contribution in [3.05, 3.63) is 81.8 Å². The smallest absolute Gasteiger partial charge is 0.203 e. The third-order valence-electron chi connectivity index (χ3n) is 4.95. The van der Waals surface area contributed by atoms with Gasteiger partial charge in [-0.05, 0) is 35.9 Å². The van der Waals surface area contributed by atoms with Gasteiger partial charge in [-0.25, -0.2) is 0 Å². The van der Waals surface area contributed by atoms with E-state index in [1.807, 2.05) is 36.4 Å². The first-order chi connectivity index (χ1) is 14.1. The van der Waals surface area contributed by atoms with Crippen LogP contribution in [0.1, 0.15) is 29.0 Å². The summed E-state index contributed by atoms with van der Waals surface area (Å²) in [6, 6.07) is 20.2. The first-order valence-corrected chi connectivity index (χ1v) is 10.00. The highest BCUT2D eigenvalue weighted by Crippen LogP contribution is 2.45. The van der Waals surface area contributed by atoms with Gasteiger partial charge < -0.3 is 24.3 Å². The fourth-order valence-corrected chi connectivity index (χ4v) is 3.95. The van der Waals surface area contributed by atoms with E-state index in [1.165, 1.54) is 0 Å². The summed E-state index contributed by atoms with van der Waals surface area (Å²) in [7, 11) is 4.81. The van der Waals surface area contributed by atoms with Crippen LogP contribution >= 0.6 is 15.9 Å². The minimum atomic E-state index is -0.386. The van der Waals surface area contributed by atoms with Crippen LogP contribution < -0.4 is 19.5 Å². The van der Waals surface area contributed by atoms with Crippen LogP contribution in [0.4, 0.5) is 5.69 Å². The van der Waals surface area contributed by atoms with E-state index in [0.29, 0.717) is 17.2 Å². The van der Waals surface area contributed by atoms with Crippen LogP contribution in [0.2, 0.25) is 0 Å². The average Bonchev–Trinajstić information content (AvgIpc) is 2.77. The van der Waals surface area contributed by atoms with E-state index in [1.54, 1.807) is 21.3 Å². The maximum Gasteiger partial charge on any atom is 0.203 e. The quantitative estimate of drug-likeness (QED) is 0.534. The number of ether oxygens (including phenoxy) is 4. The number of fused-ring (bicyclic) bond motifs is 1. The molecule has 0 saturated heterocycles. The van der Waals surface area contributed by atoms with Gasteiger partial charge in [0.2, 0.25) is 5.75 Å². The Morgan fingerprint density at radius 3 is 2.14 bits per heavy atom. The molecule has 3 aromatic carbocycles. The number of benzene rings is 3. The van der Waals surface area contributed by atoms with Gasteiger partial charge in [0.1, 0.15) is 6.10 Å². The Bertz CT molecular complexity index is 984. The minimum absolute atomic E-state index is 0.214. The monoisotopic (exact) mass is 455 g/mol. The van der Waals surface area contributed by atoms with Crippen molar-refractivity contribution < 1.29 is 18.9 Å². The summed E-state index contributed by atoms with van der Waals surface area (Å²) >= 11 is 3.57. The van der Waals surface area contributed by atoms with Gasteiger partial charge in [0.25, 0.3) is 0 Å². The number of anilines is 1. The van der Waals surface area contributed by atoms with Crippen LogP contribution in [0, 0.1) is 0 Å². The zero-order chi connectivity index (χ0) is 20.4. The van der Waals surface area contributed by atoms with Crippen molar-refractivity contribution in [1.82, 2.24) is 0 Å². The van der Waals surface area contributed by atoms with E-state index in [-0.39, 0.29) is 12.3 Å². The number of hydrogen-bond acceptors (Lipinski definition) is 5. The molecular weight excluding hydrogens is 434 g/mol. The molecule has 1 heterocycles. The molecule has 4 rings (SSSR count). The topological polar surface area (TPSA) is 49.0 Å². The zero-order valence-electron chi connectivity index (χ0n) is 16.4. The SMILES string of the molecule is COc1cc(C2Nc3ccc(Br)cc3C(c3ccccc3)O2)cc(OC)c1OC. The van der Waals surface area contributed by atoms with Crippen LogP contribution in [0.5, 0.6) is 17.2 Å². The first kappa shape index (κ1) is 19.6. The van der Waals surface area contributed by atoms with E-state index in [9.17, 15) is 0 Å². The number of methoxy groups -OCH3 is 3. The average molecular weight is 456 g/mol. The van der Waals surface area contributed by atoms with Crippen LogP contribution in [0.25, 0.3) is 0 Å². The van der Waals surface area contributed by atoms with E-state index >= 15 is 0 Å². The predicted octanol–water partition coefficient (Wildman–Crippen LogP) is 5.71. The molecule has 6 heteroatoms. The summed E-state index contributed by atoms with van der Waals surface area (Å²) in [6.07, 6.45) is -0.600. The van der Waals surface area contributed by atoms with Gasteiger partial charge in [0.05, 0.1) is 21.3 Å². The van der Waals surface area contributed by atoms with Gasteiger partial charge in [-0.1, -0.05) is 46.3 Å². The molecule has 0 bridgehead atoms. The summed E-state index contributed by atoms with van der Waals surface area (Å²) in [4.78, 5) is 0. The van der Waals surface area contributed by atoms with Crippen LogP contribution in [0.15, 0.2) is 65.1 Å². The van der Waals surface area contributed by atoms with Gasteiger partial charge in [0, 0.05) is 21.3 Å². The Hall–Kier alpha value is -2.70. The molecule has 150 valence electrons. The predicted molar refractivity (Wildman–Crippen MR) is 116 cm³/mol. The van der Waals surface area contributed by atoms with E-state index in [2.05, 4.69) is 45.5 Å². The second kappa shape index (κ2) is 8.35. The first-order valence-electron chi connectivity index (χ1n) is 9.21. The Morgan fingerprint density at radius 2 is 1.52 bits per heavy atom. The highest BCUT2D eigenvalue weighted by atomic mass is 79.9. The summed E-state index contributed by atoms with van der Waals surface area (Å²) < 4.78 is 24.0. The van der Waals surface area contributed by atoms with E-state index in [4.69, 9.17) is 18.9 Å². The molecule has 2 unspecified atom stereocenters. The Labute approximate surface area is 178 Å². The largest absolute Gasteiger partial charge is 0.493 e. The Kier molecular flexibility index (Phi) is 5.65. The summed E-state index contributed by atoms with van der Waals surface area (Å²) in [6.45, 7) is 0. The fourth-order valence-electron chi connectivity index (χ4n) is 3.57. The standard InChI is InChI=1S/C23H22BrNO4/c1-26-19-11-15(12-20(27-2)22(19)28-3)23-25-18-10-9-16(24)13-17(18)21(29-23)14-7-5-4-6-8-14/h4-13,21,23,25H,1-3H3. The molecule has 0 amide bonds. The van der Waals surface area contributed by atoms with Gasteiger partial charge in [0.15, 0.2) is 17.7 Å². The number of hydrogen-bond donors (Lipinski definition) is 1. The van der Waals surface area contributed by atoms with Crippen molar-refractivity contribution in [1.29, 1.82) is 0 Å². The third-order valence-corrected chi connectivity index (χ3v) is 5.44. The molecule has 2 atom stereocenters. The molecule has 0 aromatic heterocycles. The zero-order valence-corrected chi connectivity index (χ0v) is 18.0. The van der Waals surface area contributed by atoms with Crippen molar-refractivity contribution in [2.45, 2.75) is 12.3 Å². The van der Waals surface area contributed by atoms with Gasteiger partial charge in [-0.15, -0.1) is 0 Å². The lowest BCUT2D eigenvalue weighted by Gasteiger charge is -2.34. The van der Waals surface area contributed by atoms with Crippen LogP contribution in [-0.2, 0) is 4.74 Å². The maximum absolute atomic E-state index is 6.53. The Morgan fingerprint density at radius 1 is 0.828 bits per heavy atom. The molecular formula is C23H22BrNO4. The summed E-state index contributed by atoms with van der Waals surface area (Å²) in [5, 5.41) is 3.49. The number of rotatable bonds is 5. The molecule has 29 heavy (non-hydrogen) atoms.